The van der Waals surface area contributed by atoms with Crippen LogP contribution in [-0.4, -0.2) is 28.9 Å². The Balaban J connectivity index is 1.22. The topological polar surface area (TPSA) is 49.2 Å². The van der Waals surface area contributed by atoms with Gasteiger partial charge in [0.25, 0.3) is 8.32 Å². The van der Waals surface area contributed by atoms with E-state index in [2.05, 4.69) is 84.0 Å². The predicted molar refractivity (Wildman–Crippen MR) is 170 cm³/mol. The second-order valence-corrected chi connectivity index (χ2v) is 18.7. The lowest BCUT2D eigenvalue weighted by molar-refractivity contribution is 0.0522. The fourth-order valence-corrected chi connectivity index (χ4v) is 6.87. The Hall–Kier alpha value is -2.34. The van der Waals surface area contributed by atoms with Crippen LogP contribution in [0.1, 0.15) is 108 Å². The van der Waals surface area contributed by atoms with Crippen molar-refractivity contribution in [2.45, 2.75) is 143 Å². The van der Waals surface area contributed by atoms with Crippen LogP contribution in [0.2, 0.25) is 18.1 Å². The SMILES string of the molecule is Cc1c(C)c2c(c(C)c1O[Si](C)(C)C(C)(C)C)CCC(C)(CCCCCCCCCn1nnc3ccccc31)O2. The Kier molecular flexibility index (Phi) is 9.38. The van der Waals surface area contributed by atoms with Crippen molar-refractivity contribution >= 4 is 19.4 Å². The van der Waals surface area contributed by atoms with Gasteiger partial charge in [0.05, 0.1) is 5.52 Å². The summed E-state index contributed by atoms with van der Waals surface area (Å²) >= 11 is 0. The van der Waals surface area contributed by atoms with E-state index in [0.717, 1.165) is 48.3 Å². The summed E-state index contributed by atoms with van der Waals surface area (Å²) in [4.78, 5) is 0. The second-order valence-electron chi connectivity index (χ2n) is 14.0. The summed E-state index contributed by atoms with van der Waals surface area (Å²) in [7, 11) is -1.91. The molecule has 0 saturated heterocycles. The molecule has 0 N–H and O–H groups in total. The van der Waals surface area contributed by atoms with E-state index in [0.29, 0.717) is 0 Å². The molecule has 0 aliphatic carbocycles. The molecule has 40 heavy (non-hydrogen) atoms. The lowest BCUT2D eigenvalue weighted by Gasteiger charge is -2.41. The molecule has 2 heterocycles. The third kappa shape index (κ3) is 6.75. The quantitative estimate of drug-likeness (QED) is 0.163. The Morgan fingerprint density at radius 1 is 0.925 bits per heavy atom. The molecule has 5 nitrogen and oxygen atoms in total. The average Bonchev–Trinajstić information content (AvgIpc) is 3.31. The predicted octanol–water partition coefficient (Wildman–Crippen LogP) is 9.65. The Morgan fingerprint density at radius 2 is 1.57 bits per heavy atom. The van der Waals surface area contributed by atoms with Gasteiger partial charge in [0.15, 0.2) is 0 Å². The summed E-state index contributed by atoms with van der Waals surface area (Å²) in [5.74, 6) is 2.25. The Morgan fingerprint density at radius 3 is 2.27 bits per heavy atom. The van der Waals surface area contributed by atoms with Crippen molar-refractivity contribution in [2.24, 2.45) is 0 Å². The van der Waals surface area contributed by atoms with E-state index in [-0.39, 0.29) is 10.6 Å². The van der Waals surface area contributed by atoms with Crippen molar-refractivity contribution in [2.75, 3.05) is 0 Å². The normalized spacial score (nSPS) is 17.6. The van der Waals surface area contributed by atoms with Crippen LogP contribution in [-0.2, 0) is 13.0 Å². The second kappa shape index (κ2) is 12.3. The van der Waals surface area contributed by atoms with Gasteiger partial charge in [-0.2, -0.15) is 0 Å². The van der Waals surface area contributed by atoms with Crippen LogP contribution in [0.15, 0.2) is 24.3 Å². The van der Waals surface area contributed by atoms with Crippen molar-refractivity contribution in [3.63, 3.8) is 0 Å². The molecule has 1 atom stereocenters. The molecule has 6 heteroatoms. The maximum Gasteiger partial charge on any atom is 0.250 e. The number of aryl methyl sites for hydroxylation is 1. The van der Waals surface area contributed by atoms with E-state index in [1.54, 1.807) is 0 Å². The van der Waals surface area contributed by atoms with Gasteiger partial charge in [-0.05, 0) is 107 Å². The summed E-state index contributed by atoms with van der Waals surface area (Å²) in [6.45, 7) is 21.6. The number of aromatic nitrogens is 3. The molecule has 1 unspecified atom stereocenters. The van der Waals surface area contributed by atoms with Gasteiger partial charge in [-0.15, -0.1) is 5.10 Å². The van der Waals surface area contributed by atoms with E-state index in [9.17, 15) is 0 Å². The first kappa shape index (κ1) is 30.6. The molecule has 0 amide bonds. The van der Waals surface area contributed by atoms with Gasteiger partial charge in [0, 0.05) is 12.1 Å². The lowest BCUT2D eigenvalue weighted by Crippen LogP contribution is -2.44. The molecule has 220 valence electrons. The number of benzene rings is 2. The highest BCUT2D eigenvalue weighted by Crippen LogP contribution is 2.47. The van der Waals surface area contributed by atoms with Gasteiger partial charge in [0.1, 0.15) is 22.6 Å². The monoisotopic (exact) mass is 563 g/mol. The highest BCUT2D eigenvalue weighted by atomic mass is 28.4. The number of hydrogen-bond donors (Lipinski definition) is 0. The smallest absolute Gasteiger partial charge is 0.250 e. The first-order chi connectivity index (χ1) is 18.8. The van der Waals surface area contributed by atoms with Crippen LogP contribution in [0.3, 0.4) is 0 Å². The molecule has 1 aliphatic rings. The summed E-state index contributed by atoms with van der Waals surface area (Å²) in [6, 6.07) is 8.22. The van der Waals surface area contributed by atoms with Crippen molar-refractivity contribution in [1.29, 1.82) is 0 Å². The molecule has 0 radical (unpaired) electrons. The van der Waals surface area contributed by atoms with Crippen LogP contribution in [0, 0.1) is 20.8 Å². The highest BCUT2D eigenvalue weighted by Gasteiger charge is 2.41. The minimum atomic E-state index is -1.91. The summed E-state index contributed by atoms with van der Waals surface area (Å²) in [5.41, 5.74) is 7.24. The Labute approximate surface area is 244 Å². The standard InChI is InChI=1S/C34H53N3O2Si/c1-25-26(2)32-28(27(3)31(25)39-40(8,9)33(4,5)6)21-23-34(7,38-32)22-17-13-11-10-12-14-18-24-37-30-20-16-15-19-29(30)35-36-37/h15-16,19-20H,10-14,17-18,21-24H2,1-9H3. The zero-order valence-electron chi connectivity index (χ0n) is 26.7. The van der Waals surface area contributed by atoms with Crippen molar-refractivity contribution in [3.8, 4) is 11.5 Å². The molecule has 0 fully saturated rings. The molecule has 0 saturated carbocycles. The van der Waals surface area contributed by atoms with Crippen LogP contribution < -0.4 is 9.16 Å². The Bertz CT molecular complexity index is 1310. The van der Waals surface area contributed by atoms with E-state index in [1.165, 1.54) is 67.2 Å². The number of rotatable bonds is 12. The number of hydrogen-bond acceptors (Lipinski definition) is 4. The van der Waals surface area contributed by atoms with E-state index < -0.39 is 8.32 Å². The molecule has 1 aromatic heterocycles. The van der Waals surface area contributed by atoms with Gasteiger partial charge >= 0.3 is 0 Å². The molecule has 3 aromatic rings. The third-order valence-corrected chi connectivity index (χ3v) is 14.0. The van der Waals surface area contributed by atoms with E-state index in [4.69, 9.17) is 9.16 Å². The number of nitrogens with zero attached hydrogens (tertiary/aromatic N) is 3. The fraction of sp³-hybridized carbons (Fsp3) is 0.647. The first-order valence-electron chi connectivity index (χ1n) is 15.6. The van der Waals surface area contributed by atoms with E-state index >= 15 is 0 Å². The zero-order chi connectivity index (χ0) is 29.1. The number of fused-ring (bicyclic) bond motifs is 2. The van der Waals surface area contributed by atoms with Gasteiger partial charge < -0.3 is 9.16 Å². The van der Waals surface area contributed by atoms with Crippen molar-refractivity contribution in [1.82, 2.24) is 15.0 Å². The molecule has 0 bridgehead atoms. The maximum absolute atomic E-state index is 6.87. The van der Waals surface area contributed by atoms with Crippen molar-refractivity contribution in [3.05, 3.63) is 46.5 Å². The lowest BCUT2D eigenvalue weighted by atomic mass is 9.84. The molecular formula is C34H53N3O2Si. The van der Waals surface area contributed by atoms with Crippen LogP contribution >= 0.6 is 0 Å². The minimum Gasteiger partial charge on any atom is -0.543 e. The van der Waals surface area contributed by atoms with Gasteiger partial charge in [0.2, 0.25) is 0 Å². The average molecular weight is 564 g/mol. The molecule has 0 spiro atoms. The summed E-state index contributed by atoms with van der Waals surface area (Å²) in [6.07, 6.45) is 12.2. The number of para-hydroxylation sites is 1. The van der Waals surface area contributed by atoms with E-state index in [1.807, 2.05) is 16.8 Å². The zero-order valence-corrected chi connectivity index (χ0v) is 27.7. The fourth-order valence-electron chi connectivity index (χ4n) is 5.75. The minimum absolute atomic E-state index is 0.0704. The number of ether oxygens (including phenoxy) is 1. The summed E-state index contributed by atoms with van der Waals surface area (Å²) in [5, 5.41) is 8.75. The first-order valence-corrected chi connectivity index (χ1v) is 18.5. The maximum atomic E-state index is 6.87. The van der Waals surface area contributed by atoms with Crippen LogP contribution in [0.25, 0.3) is 11.0 Å². The van der Waals surface area contributed by atoms with Gasteiger partial charge in [-0.1, -0.05) is 70.2 Å². The van der Waals surface area contributed by atoms with Crippen LogP contribution in [0.4, 0.5) is 0 Å². The number of unbranched alkanes of at least 4 members (excludes halogenated alkanes) is 6. The van der Waals surface area contributed by atoms with Crippen molar-refractivity contribution < 1.29 is 9.16 Å². The summed E-state index contributed by atoms with van der Waals surface area (Å²) < 4.78 is 15.7. The van der Waals surface area contributed by atoms with Gasteiger partial charge in [-0.3, -0.25) is 0 Å². The molecule has 4 rings (SSSR count). The molecule has 2 aromatic carbocycles. The largest absolute Gasteiger partial charge is 0.543 e. The molecule has 1 aliphatic heterocycles. The van der Waals surface area contributed by atoms with Gasteiger partial charge in [-0.25, -0.2) is 4.68 Å². The molecular weight excluding hydrogens is 510 g/mol. The third-order valence-electron chi connectivity index (χ3n) is 9.72. The highest BCUT2D eigenvalue weighted by molar-refractivity contribution is 6.74. The van der Waals surface area contributed by atoms with Crippen LogP contribution in [0.5, 0.6) is 11.5 Å².